The molecule has 11 heteroatoms. The monoisotopic (exact) mass is 530 g/mol. The smallest absolute Gasteiger partial charge is 0.429 e. The third-order valence-electron chi connectivity index (χ3n) is 5.29. The molecule has 0 aromatic heterocycles. The van der Waals surface area contributed by atoms with Crippen LogP contribution in [0, 0.1) is 53.5 Å². The van der Waals surface area contributed by atoms with E-state index in [1.807, 2.05) is 0 Å². The van der Waals surface area contributed by atoms with Crippen LogP contribution in [0.4, 0.5) is 43.9 Å². The van der Waals surface area contributed by atoms with Crippen LogP contribution in [0.25, 0.3) is 22.3 Å². The third kappa shape index (κ3) is 4.98. The van der Waals surface area contributed by atoms with Gasteiger partial charge < -0.3 is 4.74 Å². The topological polar surface area (TPSA) is 9.23 Å². The molecule has 0 aliphatic rings. The highest BCUT2D eigenvalue weighted by atomic mass is 19.3. The third-order valence-corrected chi connectivity index (χ3v) is 5.29. The Labute approximate surface area is 202 Å². The van der Waals surface area contributed by atoms with Crippen molar-refractivity contribution in [3.05, 3.63) is 112 Å². The Hall–Kier alpha value is -4.02. The highest BCUT2D eigenvalue weighted by molar-refractivity contribution is 5.67. The van der Waals surface area contributed by atoms with Gasteiger partial charge in [-0.1, -0.05) is 0 Å². The predicted octanol–water partition coefficient (Wildman–Crippen LogP) is 8.57. The molecule has 0 radical (unpaired) electrons. The summed E-state index contributed by atoms with van der Waals surface area (Å²) in [7, 11) is 0. The molecule has 0 unspecified atom stereocenters. The van der Waals surface area contributed by atoms with Crippen LogP contribution in [0.1, 0.15) is 11.1 Å². The minimum Gasteiger partial charge on any atom is -0.429 e. The normalized spacial score (nSPS) is 11.6. The maximum atomic E-state index is 14.7. The Morgan fingerprint density at radius 1 is 0.568 bits per heavy atom. The van der Waals surface area contributed by atoms with Crippen molar-refractivity contribution in [2.45, 2.75) is 13.0 Å². The maximum absolute atomic E-state index is 14.7. The fourth-order valence-electron chi connectivity index (χ4n) is 3.67. The molecular weight excluding hydrogens is 518 g/mol. The molecule has 4 rings (SSSR count). The lowest BCUT2D eigenvalue weighted by Crippen LogP contribution is -2.25. The summed E-state index contributed by atoms with van der Waals surface area (Å²) < 4.78 is 146. The predicted molar refractivity (Wildman–Crippen MR) is 113 cm³/mol. The van der Waals surface area contributed by atoms with Gasteiger partial charge in [-0.15, -0.1) is 0 Å². The van der Waals surface area contributed by atoms with Crippen molar-refractivity contribution < 1.29 is 48.6 Å². The van der Waals surface area contributed by atoms with Gasteiger partial charge in [0.25, 0.3) is 0 Å². The molecule has 0 saturated heterocycles. The van der Waals surface area contributed by atoms with Crippen LogP contribution in [-0.2, 0) is 6.11 Å². The van der Waals surface area contributed by atoms with Crippen molar-refractivity contribution in [2.24, 2.45) is 0 Å². The van der Waals surface area contributed by atoms with E-state index in [1.54, 1.807) is 0 Å². The van der Waals surface area contributed by atoms with Gasteiger partial charge in [0.1, 0.15) is 40.4 Å². The second-order valence-corrected chi connectivity index (χ2v) is 7.93. The molecule has 0 aliphatic carbocycles. The molecule has 0 amide bonds. The van der Waals surface area contributed by atoms with E-state index in [0.717, 1.165) is 18.2 Å². The summed E-state index contributed by atoms with van der Waals surface area (Å²) >= 11 is 0. The lowest BCUT2D eigenvalue weighted by Gasteiger charge is -2.20. The summed E-state index contributed by atoms with van der Waals surface area (Å²) in [6.07, 6.45) is -4.74. The number of hydrogen-bond acceptors (Lipinski definition) is 1. The zero-order chi connectivity index (χ0) is 27.2. The van der Waals surface area contributed by atoms with Gasteiger partial charge in [0.15, 0.2) is 17.5 Å². The Morgan fingerprint density at radius 3 is 1.59 bits per heavy atom. The van der Waals surface area contributed by atoms with E-state index in [1.165, 1.54) is 6.92 Å². The first-order valence-corrected chi connectivity index (χ1v) is 10.3. The average molecular weight is 530 g/mol. The van der Waals surface area contributed by atoms with E-state index in [4.69, 9.17) is 0 Å². The quantitative estimate of drug-likeness (QED) is 0.186. The largest absolute Gasteiger partial charge is 0.432 e. The second kappa shape index (κ2) is 9.45. The van der Waals surface area contributed by atoms with Crippen LogP contribution in [0.15, 0.2) is 54.6 Å². The fourth-order valence-corrected chi connectivity index (χ4v) is 3.67. The SMILES string of the molecule is Cc1cc(F)c(-c2cc(F)c(C(F)(F)Oc3ccc(-c4cc(F)c(F)c(F)c4)c(F)c3)c(F)c2)c(F)c1. The molecular formula is C26H12F10O. The van der Waals surface area contributed by atoms with Crippen molar-refractivity contribution in [1.29, 1.82) is 0 Å². The summed E-state index contributed by atoms with van der Waals surface area (Å²) in [5.41, 5.74) is -4.27. The van der Waals surface area contributed by atoms with Crippen molar-refractivity contribution >= 4 is 0 Å². The van der Waals surface area contributed by atoms with Crippen molar-refractivity contribution in [3.8, 4) is 28.0 Å². The van der Waals surface area contributed by atoms with Gasteiger partial charge in [-0.2, -0.15) is 8.78 Å². The van der Waals surface area contributed by atoms with E-state index < -0.39 is 86.2 Å². The molecule has 192 valence electrons. The number of benzene rings is 4. The number of alkyl halides is 2. The first-order chi connectivity index (χ1) is 17.3. The average Bonchev–Trinajstić information content (AvgIpc) is 2.75. The minimum atomic E-state index is -4.74. The summed E-state index contributed by atoms with van der Waals surface area (Å²) in [6, 6.07) is 5.11. The number of halogens is 10. The molecule has 0 atom stereocenters. The maximum Gasteiger partial charge on any atom is 0.432 e. The number of rotatable bonds is 5. The molecule has 37 heavy (non-hydrogen) atoms. The lowest BCUT2D eigenvalue weighted by atomic mass is 10.00. The Kier molecular flexibility index (Phi) is 6.66. The van der Waals surface area contributed by atoms with Crippen LogP contribution in [-0.4, -0.2) is 0 Å². The molecule has 0 heterocycles. The Balaban J connectivity index is 1.67. The van der Waals surface area contributed by atoms with Gasteiger partial charge in [-0.25, -0.2) is 35.1 Å². The first kappa shape index (κ1) is 26.1. The van der Waals surface area contributed by atoms with Crippen LogP contribution in [0.3, 0.4) is 0 Å². The molecule has 0 saturated carbocycles. The van der Waals surface area contributed by atoms with Crippen molar-refractivity contribution in [1.82, 2.24) is 0 Å². The summed E-state index contributed by atoms with van der Waals surface area (Å²) in [4.78, 5) is 0. The lowest BCUT2D eigenvalue weighted by molar-refractivity contribution is -0.189. The summed E-state index contributed by atoms with van der Waals surface area (Å²) in [5, 5.41) is 0. The molecule has 4 aromatic rings. The second-order valence-electron chi connectivity index (χ2n) is 7.93. The van der Waals surface area contributed by atoms with Gasteiger partial charge in [0.2, 0.25) is 0 Å². The van der Waals surface area contributed by atoms with Crippen molar-refractivity contribution in [2.75, 3.05) is 0 Å². The molecule has 0 N–H and O–H groups in total. The summed E-state index contributed by atoms with van der Waals surface area (Å²) in [5.74, 6) is -13.5. The van der Waals surface area contributed by atoms with Gasteiger partial charge in [-0.05, 0) is 72.1 Å². The van der Waals surface area contributed by atoms with E-state index >= 15 is 0 Å². The van der Waals surface area contributed by atoms with Gasteiger partial charge in [0.05, 0.1) is 5.56 Å². The molecule has 0 bridgehead atoms. The zero-order valence-corrected chi connectivity index (χ0v) is 18.4. The van der Waals surface area contributed by atoms with E-state index in [2.05, 4.69) is 4.74 Å². The highest BCUT2D eigenvalue weighted by Gasteiger charge is 2.41. The van der Waals surface area contributed by atoms with Gasteiger partial charge in [-0.3, -0.25) is 0 Å². The molecule has 1 nitrogen and oxygen atoms in total. The molecule has 0 spiro atoms. The Morgan fingerprint density at radius 2 is 1.08 bits per heavy atom. The summed E-state index contributed by atoms with van der Waals surface area (Å²) in [6.45, 7) is 1.36. The Bertz CT molecular complexity index is 1460. The fraction of sp³-hybridized carbons (Fsp3) is 0.0769. The standard InChI is InChI=1S/C26H12F10O/c1-11-4-17(28)23(18(29)5-11)13-8-19(30)24(20(31)9-13)26(35,36)37-14-2-3-15(16(27)10-14)12-6-21(32)25(34)22(33)7-12/h2-10H,1H3. The van der Waals surface area contributed by atoms with Crippen LogP contribution in [0.5, 0.6) is 5.75 Å². The van der Waals surface area contributed by atoms with Crippen LogP contribution >= 0.6 is 0 Å². The first-order valence-electron chi connectivity index (χ1n) is 10.3. The molecule has 4 aromatic carbocycles. The van der Waals surface area contributed by atoms with E-state index in [0.29, 0.717) is 24.3 Å². The molecule has 0 aliphatic heterocycles. The number of aryl methyl sites for hydroxylation is 1. The van der Waals surface area contributed by atoms with Crippen LogP contribution in [0.2, 0.25) is 0 Å². The van der Waals surface area contributed by atoms with Gasteiger partial charge >= 0.3 is 6.11 Å². The van der Waals surface area contributed by atoms with E-state index in [-0.39, 0.29) is 17.7 Å². The van der Waals surface area contributed by atoms with Crippen LogP contribution < -0.4 is 4.74 Å². The minimum absolute atomic E-state index is 0.171. The van der Waals surface area contributed by atoms with Gasteiger partial charge in [0, 0.05) is 11.6 Å². The van der Waals surface area contributed by atoms with E-state index in [9.17, 15) is 43.9 Å². The zero-order valence-electron chi connectivity index (χ0n) is 18.4. The number of hydrogen-bond donors (Lipinski definition) is 0. The molecule has 0 fully saturated rings. The highest BCUT2D eigenvalue weighted by Crippen LogP contribution is 2.39. The number of ether oxygens (including phenoxy) is 1. The van der Waals surface area contributed by atoms with Crippen molar-refractivity contribution in [3.63, 3.8) is 0 Å².